The first-order chi connectivity index (χ1) is 9.33. The second kappa shape index (κ2) is 5.53. The second-order valence-electron chi connectivity index (χ2n) is 5.34. The molecule has 0 radical (unpaired) electrons. The Morgan fingerprint density at radius 2 is 1.95 bits per heavy atom. The normalized spacial score (nSPS) is 17.7. The first-order valence-corrected chi connectivity index (χ1v) is 7.04. The number of hydrogen-bond donors (Lipinski definition) is 2. The fraction of sp³-hybridized carbons (Fsp3) is 0.467. The minimum atomic E-state index is -0.0226. The van der Waals surface area contributed by atoms with Crippen LogP contribution < -0.4 is 5.73 Å². The van der Waals surface area contributed by atoms with E-state index in [9.17, 15) is 0 Å². The number of aromatic amines is 1. The van der Waals surface area contributed by atoms with Crippen molar-refractivity contribution >= 4 is 0 Å². The van der Waals surface area contributed by atoms with Crippen molar-refractivity contribution < 1.29 is 0 Å². The summed E-state index contributed by atoms with van der Waals surface area (Å²) in [6.45, 7) is 0. The van der Waals surface area contributed by atoms with E-state index in [-0.39, 0.29) is 6.04 Å². The summed E-state index contributed by atoms with van der Waals surface area (Å²) in [6, 6.07) is 10.1. The Hall–Kier alpha value is -1.68. The lowest BCUT2D eigenvalue weighted by Gasteiger charge is -2.09. The predicted molar refractivity (Wildman–Crippen MR) is 74.7 cm³/mol. The Kier molecular flexibility index (Phi) is 3.60. The molecule has 0 bridgehead atoms. The van der Waals surface area contributed by atoms with E-state index in [4.69, 9.17) is 5.73 Å². The number of rotatable bonds is 4. The minimum Gasteiger partial charge on any atom is -0.324 e. The maximum absolute atomic E-state index is 6.20. The van der Waals surface area contributed by atoms with Gasteiger partial charge in [0.15, 0.2) is 5.82 Å². The first kappa shape index (κ1) is 12.4. The van der Waals surface area contributed by atoms with E-state index in [0.717, 1.165) is 17.2 Å². The molecular weight excluding hydrogens is 236 g/mol. The molecule has 19 heavy (non-hydrogen) atoms. The molecule has 0 saturated heterocycles. The smallest absolute Gasteiger partial charge is 0.153 e. The molecule has 1 aromatic heterocycles. The number of nitrogens with two attached hydrogens (primary N) is 1. The highest BCUT2D eigenvalue weighted by Crippen LogP contribution is 2.32. The van der Waals surface area contributed by atoms with Crippen LogP contribution in [0.5, 0.6) is 0 Å². The zero-order valence-electron chi connectivity index (χ0n) is 11.0. The zero-order chi connectivity index (χ0) is 13.1. The molecule has 1 atom stereocenters. The van der Waals surface area contributed by atoms with Crippen molar-refractivity contribution in [3.8, 4) is 0 Å². The van der Waals surface area contributed by atoms with E-state index in [0.29, 0.717) is 12.3 Å². The Morgan fingerprint density at radius 1 is 1.21 bits per heavy atom. The van der Waals surface area contributed by atoms with E-state index in [1.165, 1.54) is 25.7 Å². The lowest BCUT2D eigenvalue weighted by Crippen LogP contribution is -2.14. The number of benzene rings is 1. The minimum absolute atomic E-state index is 0.0226. The highest BCUT2D eigenvalue weighted by Gasteiger charge is 2.21. The number of H-pyrrole nitrogens is 1. The molecule has 0 aliphatic heterocycles. The monoisotopic (exact) mass is 256 g/mol. The van der Waals surface area contributed by atoms with Crippen LogP contribution in [0.15, 0.2) is 30.3 Å². The molecule has 1 heterocycles. The van der Waals surface area contributed by atoms with Gasteiger partial charge in [0.25, 0.3) is 0 Å². The van der Waals surface area contributed by atoms with Gasteiger partial charge in [-0.1, -0.05) is 43.2 Å². The van der Waals surface area contributed by atoms with Crippen LogP contribution in [0.2, 0.25) is 0 Å². The third-order valence-electron chi connectivity index (χ3n) is 3.91. The largest absolute Gasteiger partial charge is 0.324 e. The van der Waals surface area contributed by atoms with Crippen LogP contribution in [-0.2, 0) is 6.42 Å². The van der Waals surface area contributed by atoms with Gasteiger partial charge in [-0.25, -0.2) is 4.98 Å². The maximum atomic E-state index is 6.20. The quantitative estimate of drug-likeness (QED) is 0.883. The van der Waals surface area contributed by atoms with Gasteiger partial charge in [0, 0.05) is 18.4 Å². The molecule has 3 rings (SSSR count). The Bertz CT molecular complexity index is 514. The highest BCUT2D eigenvalue weighted by molar-refractivity contribution is 5.19. The molecule has 4 nitrogen and oxygen atoms in total. The van der Waals surface area contributed by atoms with Crippen LogP contribution in [0.3, 0.4) is 0 Å². The summed E-state index contributed by atoms with van der Waals surface area (Å²) < 4.78 is 0. The molecule has 0 amide bonds. The summed E-state index contributed by atoms with van der Waals surface area (Å²) in [6.07, 6.45) is 5.77. The maximum Gasteiger partial charge on any atom is 0.153 e. The van der Waals surface area contributed by atoms with Crippen molar-refractivity contribution in [3.63, 3.8) is 0 Å². The van der Waals surface area contributed by atoms with Crippen molar-refractivity contribution in [1.29, 1.82) is 0 Å². The van der Waals surface area contributed by atoms with Crippen LogP contribution in [-0.4, -0.2) is 15.2 Å². The molecule has 3 N–H and O–H groups in total. The van der Waals surface area contributed by atoms with Gasteiger partial charge in [0.2, 0.25) is 0 Å². The summed E-state index contributed by atoms with van der Waals surface area (Å²) in [7, 11) is 0. The van der Waals surface area contributed by atoms with Gasteiger partial charge in [-0.05, 0) is 18.4 Å². The number of nitrogens with zero attached hydrogens (tertiary/aromatic N) is 2. The van der Waals surface area contributed by atoms with E-state index < -0.39 is 0 Å². The molecule has 1 aliphatic rings. The average molecular weight is 256 g/mol. The van der Waals surface area contributed by atoms with Gasteiger partial charge in [0.05, 0.1) is 0 Å². The second-order valence-corrected chi connectivity index (χ2v) is 5.34. The van der Waals surface area contributed by atoms with E-state index in [1.54, 1.807) is 0 Å². The number of nitrogens with one attached hydrogen (secondary N) is 1. The fourth-order valence-corrected chi connectivity index (χ4v) is 2.79. The fourth-order valence-electron chi connectivity index (χ4n) is 2.79. The lowest BCUT2D eigenvalue weighted by molar-refractivity contribution is 0.667. The third-order valence-corrected chi connectivity index (χ3v) is 3.91. The zero-order valence-corrected chi connectivity index (χ0v) is 11.0. The van der Waals surface area contributed by atoms with E-state index >= 15 is 0 Å². The summed E-state index contributed by atoms with van der Waals surface area (Å²) in [5.74, 6) is 2.43. The van der Waals surface area contributed by atoms with E-state index in [1.807, 2.05) is 18.2 Å². The van der Waals surface area contributed by atoms with Gasteiger partial charge in [-0.3, -0.25) is 5.10 Å². The van der Waals surface area contributed by atoms with Crippen LogP contribution in [0.25, 0.3) is 0 Å². The molecule has 1 fully saturated rings. The topological polar surface area (TPSA) is 67.6 Å². The van der Waals surface area contributed by atoms with E-state index in [2.05, 4.69) is 27.3 Å². The van der Waals surface area contributed by atoms with Crippen molar-refractivity contribution in [3.05, 3.63) is 47.5 Å². The average Bonchev–Trinajstić information content (AvgIpc) is 3.10. The van der Waals surface area contributed by atoms with Crippen molar-refractivity contribution in [1.82, 2.24) is 15.2 Å². The number of aromatic nitrogens is 3. The summed E-state index contributed by atoms with van der Waals surface area (Å²) in [5.41, 5.74) is 7.34. The van der Waals surface area contributed by atoms with Gasteiger partial charge < -0.3 is 5.73 Å². The van der Waals surface area contributed by atoms with Crippen molar-refractivity contribution in [2.75, 3.05) is 0 Å². The Morgan fingerprint density at radius 3 is 2.68 bits per heavy atom. The number of hydrogen-bond acceptors (Lipinski definition) is 3. The third kappa shape index (κ3) is 2.84. The molecular formula is C15H20N4. The predicted octanol–water partition coefficient (Wildman–Crippen LogP) is 2.70. The molecule has 1 saturated carbocycles. The van der Waals surface area contributed by atoms with Crippen LogP contribution >= 0.6 is 0 Å². The molecule has 1 unspecified atom stereocenters. The molecule has 4 heteroatoms. The van der Waals surface area contributed by atoms with Crippen LogP contribution in [0.1, 0.15) is 54.9 Å². The standard InChI is InChI=1S/C15H20N4/c16-13(11-6-2-1-3-7-11)10-14-17-15(19-18-14)12-8-4-5-9-12/h1-3,6-7,12-13H,4-5,8-10,16H2,(H,17,18,19). The van der Waals surface area contributed by atoms with Gasteiger partial charge in [0.1, 0.15) is 5.82 Å². The van der Waals surface area contributed by atoms with Gasteiger partial charge in [-0.15, -0.1) is 0 Å². The lowest BCUT2D eigenvalue weighted by atomic mass is 10.0. The first-order valence-electron chi connectivity index (χ1n) is 7.04. The van der Waals surface area contributed by atoms with Gasteiger partial charge in [-0.2, -0.15) is 5.10 Å². The summed E-state index contributed by atoms with van der Waals surface area (Å²) in [4.78, 5) is 4.61. The molecule has 2 aromatic rings. The summed E-state index contributed by atoms with van der Waals surface area (Å²) >= 11 is 0. The van der Waals surface area contributed by atoms with Crippen LogP contribution in [0, 0.1) is 0 Å². The van der Waals surface area contributed by atoms with Gasteiger partial charge >= 0.3 is 0 Å². The molecule has 1 aromatic carbocycles. The Labute approximate surface area is 113 Å². The summed E-state index contributed by atoms with van der Waals surface area (Å²) in [5, 5.41) is 7.40. The molecule has 100 valence electrons. The Balaban J connectivity index is 1.66. The van der Waals surface area contributed by atoms with Crippen molar-refractivity contribution in [2.24, 2.45) is 5.73 Å². The highest BCUT2D eigenvalue weighted by atomic mass is 15.2. The molecule has 0 spiro atoms. The molecule has 1 aliphatic carbocycles. The van der Waals surface area contributed by atoms with Crippen LogP contribution in [0.4, 0.5) is 0 Å². The van der Waals surface area contributed by atoms with Crippen molar-refractivity contribution in [2.45, 2.75) is 44.1 Å². The SMILES string of the molecule is NC(Cc1nc(C2CCCC2)n[nH]1)c1ccccc1.